The highest BCUT2D eigenvalue weighted by Crippen LogP contribution is 2.64. The zero-order valence-electron chi connectivity index (χ0n) is 17.9. The minimum atomic E-state index is -0.500. The van der Waals surface area contributed by atoms with Crippen LogP contribution in [0.5, 0.6) is 0 Å². The third-order valence-corrected chi connectivity index (χ3v) is 9.21. The summed E-state index contributed by atoms with van der Waals surface area (Å²) in [4.78, 5) is 0. The van der Waals surface area contributed by atoms with Crippen molar-refractivity contribution in [1.29, 1.82) is 0 Å². The Morgan fingerprint density at radius 2 is 1.89 bits per heavy atom. The van der Waals surface area contributed by atoms with Crippen LogP contribution in [0.15, 0.2) is 11.6 Å². The van der Waals surface area contributed by atoms with Crippen molar-refractivity contribution in [2.45, 2.75) is 110 Å². The van der Waals surface area contributed by atoms with E-state index in [4.69, 9.17) is 0 Å². The van der Waals surface area contributed by atoms with Gasteiger partial charge in [-0.05, 0) is 113 Å². The molecule has 0 aliphatic heterocycles. The van der Waals surface area contributed by atoms with Crippen LogP contribution >= 0.6 is 0 Å². The van der Waals surface area contributed by atoms with E-state index in [0.717, 1.165) is 48.9 Å². The zero-order valence-corrected chi connectivity index (χ0v) is 17.9. The minimum absolute atomic E-state index is 0.0716. The molecule has 154 valence electrons. The Hall–Kier alpha value is -0.340. The number of fused-ring (bicyclic) bond motifs is 5. The Morgan fingerprint density at radius 3 is 2.67 bits per heavy atom. The first-order valence-corrected chi connectivity index (χ1v) is 11.9. The number of aliphatic hydroxyl groups is 2. The van der Waals surface area contributed by atoms with Crippen LogP contribution in [-0.4, -0.2) is 21.9 Å². The molecule has 0 aromatic heterocycles. The maximum atomic E-state index is 10.1. The van der Waals surface area contributed by atoms with Crippen LogP contribution in [0.2, 0.25) is 0 Å². The Balaban J connectivity index is 1.39. The Bertz CT molecular complexity index is 559. The monoisotopic (exact) mass is 374 g/mol. The molecule has 0 aromatic carbocycles. The molecule has 2 nitrogen and oxygen atoms in total. The Morgan fingerprint density at radius 1 is 1.07 bits per heavy atom. The topological polar surface area (TPSA) is 40.5 Å². The van der Waals surface area contributed by atoms with Gasteiger partial charge in [-0.2, -0.15) is 0 Å². The third kappa shape index (κ3) is 3.90. The highest BCUT2D eigenvalue weighted by atomic mass is 16.3. The summed E-state index contributed by atoms with van der Waals surface area (Å²) in [6.07, 6.45) is 17.5. The molecule has 3 fully saturated rings. The van der Waals surface area contributed by atoms with Crippen molar-refractivity contribution >= 4 is 0 Å². The van der Waals surface area contributed by atoms with Crippen LogP contribution in [0, 0.1) is 35.0 Å². The van der Waals surface area contributed by atoms with Crippen LogP contribution < -0.4 is 0 Å². The van der Waals surface area contributed by atoms with Crippen molar-refractivity contribution in [2.24, 2.45) is 35.0 Å². The molecule has 4 aliphatic rings. The lowest BCUT2D eigenvalue weighted by Crippen LogP contribution is -2.46. The number of unbranched alkanes of at least 4 members (excludes halogenated alkanes) is 1. The van der Waals surface area contributed by atoms with Gasteiger partial charge in [0.25, 0.3) is 0 Å². The van der Waals surface area contributed by atoms with Crippen molar-refractivity contribution in [3.63, 3.8) is 0 Å². The van der Waals surface area contributed by atoms with Gasteiger partial charge in [-0.15, -0.1) is 0 Å². The smallest absolute Gasteiger partial charge is 0.0591 e. The standard InChI is InChI=1S/C25H42O2/c1-24(2,27)14-5-4-6-18-8-12-23-22-10-7-17-16-19(26)9-11-20(17)21(22)13-15-25(18,23)3/h7,18-23,26-27H,4-6,8-16H2,1-3H3/t18?,19?,20-,21?,22?,23?,25+/m0/s1. The molecule has 0 amide bonds. The van der Waals surface area contributed by atoms with E-state index >= 15 is 0 Å². The van der Waals surface area contributed by atoms with E-state index in [1.165, 1.54) is 57.8 Å². The fourth-order valence-corrected chi connectivity index (χ4v) is 7.78. The predicted molar refractivity (Wildman–Crippen MR) is 111 cm³/mol. The molecule has 4 rings (SSSR count). The van der Waals surface area contributed by atoms with E-state index in [9.17, 15) is 10.2 Å². The van der Waals surface area contributed by atoms with E-state index in [-0.39, 0.29) is 6.10 Å². The first-order valence-electron chi connectivity index (χ1n) is 11.9. The van der Waals surface area contributed by atoms with Crippen molar-refractivity contribution in [2.75, 3.05) is 0 Å². The maximum absolute atomic E-state index is 10.1. The quantitative estimate of drug-likeness (QED) is 0.467. The van der Waals surface area contributed by atoms with Crippen LogP contribution in [-0.2, 0) is 0 Å². The summed E-state index contributed by atoms with van der Waals surface area (Å²) >= 11 is 0. The van der Waals surface area contributed by atoms with Crippen LogP contribution in [0.3, 0.4) is 0 Å². The largest absolute Gasteiger partial charge is 0.393 e. The van der Waals surface area contributed by atoms with Crippen LogP contribution in [0.25, 0.3) is 0 Å². The molecule has 0 bridgehead atoms. The van der Waals surface area contributed by atoms with Crippen molar-refractivity contribution < 1.29 is 10.2 Å². The molecule has 0 radical (unpaired) electrons. The number of hydrogen-bond donors (Lipinski definition) is 2. The predicted octanol–water partition coefficient (Wildman–Crippen LogP) is 5.87. The van der Waals surface area contributed by atoms with Gasteiger partial charge < -0.3 is 10.2 Å². The molecule has 0 heterocycles. The third-order valence-electron chi connectivity index (χ3n) is 9.21. The average Bonchev–Trinajstić information content (AvgIpc) is 2.94. The second kappa shape index (κ2) is 7.48. The molecule has 27 heavy (non-hydrogen) atoms. The second-order valence-electron chi connectivity index (χ2n) is 11.4. The molecule has 2 N–H and O–H groups in total. The average molecular weight is 375 g/mol. The SMILES string of the molecule is CC(C)(O)CCCCC1CCC2C3CC=C4CC(O)CC[C@@H]4C3CC[C@]12C. The van der Waals surface area contributed by atoms with Gasteiger partial charge >= 0.3 is 0 Å². The van der Waals surface area contributed by atoms with Crippen LogP contribution in [0.4, 0.5) is 0 Å². The summed E-state index contributed by atoms with van der Waals surface area (Å²) in [5.74, 6) is 4.45. The summed E-state index contributed by atoms with van der Waals surface area (Å²) in [6.45, 7) is 6.51. The number of rotatable bonds is 5. The summed E-state index contributed by atoms with van der Waals surface area (Å²) in [6, 6.07) is 0. The van der Waals surface area contributed by atoms with E-state index in [0.29, 0.717) is 5.41 Å². The summed E-state index contributed by atoms with van der Waals surface area (Å²) in [5, 5.41) is 20.0. The van der Waals surface area contributed by atoms with Gasteiger partial charge in [0.1, 0.15) is 0 Å². The summed E-state index contributed by atoms with van der Waals surface area (Å²) in [5.41, 5.74) is 1.68. The zero-order chi connectivity index (χ0) is 19.2. The number of hydrogen-bond acceptors (Lipinski definition) is 2. The lowest BCUT2D eigenvalue weighted by Gasteiger charge is -2.54. The van der Waals surface area contributed by atoms with Crippen molar-refractivity contribution in [3.05, 3.63) is 11.6 Å². The highest BCUT2D eigenvalue weighted by Gasteiger charge is 2.55. The fourth-order valence-electron chi connectivity index (χ4n) is 7.78. The number of allylic oxidation sites excluding steroid dienone is 1. The van der Waals surface area contributed by atoms with Gasteiger partial charge in [0.15, 0.2) is 0 Å². The maximum Gasteiger partial charge on any atom is 0.0591 e. The minimum Gasteiger partial charge on any atom is -0.393 e. The van der Waals surface area contributed by atoms with Crippen molar-refractivity contribution in [1.82, 2.24) is 0 Å². The van der Waals surface area contributed by atoms with E-state index in [1.807, 2.05) is 13.8 Å². The molecule has 4 aliphatic carbocycles. The number of aliphatic hydroxyl groups excluding tert-OH is 1. The van der Waals surface area contributed by atoms with Crippen LogP contribution in [0.1, 0.15) is 97.8 Å². The van der Waals surface area contributed by atoms with E-state index in [1.54, 1.807) is 5.57 Å². The molecule has 5 unspecified atom stereocenters. The van der Waals surface area contributed by atoms with Gasteiger partial charge in [-0.3, -0.25) is 0 Å². The molecule has 0 aromatic rings. The molecule has 0 spiro atoms. The van der Waals surface area contributed by atoms with E-state index < -0.39 is 5.60 Å². The van der Waals surface area contributed by atoms with Crippen molar-refractivity contribution in [3.8, 4) is 0 Å². The Labute approximate surface area is 166 Å². The van der Waals surface area contributed by atoms with Gasteiger partial charge in [0.05, 0.1) is 11.7 Å². The van der Waals surface area contributed by atoms with Gasteiger partial charge in [-0.25, -0.2) is 0 Å². The van der Waals surface area contributed by atoms with Gasteiger partial charge in [0.2, 0.25) is 0 Å². The van der Waals surface area contributed by atoms with E-state index in [2.05, 4.69) is 13.0 Å². The first-order chi connectivity index (χ1) is 12.8. The fraction of sp³-hybridized carbons (Fsp3) is 0.920. The molecular formula is C25H42O2. The summed E-state index contributed by atoms with van der Waals surface area (Å²) < 4.78 is 0. The molecular weight excluding hydrogens is 332 g/mol. The normalized spacial score (nSPS) is 44.3. The summed E-state index contributed by atoms with van der Waals surface area (Å²) in [7, 11) is 0. The lowest BCUT2D eigenvalue weighted by atomic mass is 9.51. The lowest BCUT2D eigenvalue weighted by molar-refractivity contribution is -0.0203. The Kier molecular flexibility index (Phi) is 5.53. The molecule has 2 heteroatoms. The second-order valence-corrected chi connectivity index (χ2v) is 11.4. The molecule has 3 saturated carbocycles. The first kappa shape index (κ1) is 20.0. The highest BCUT2D eigenvalue weighted by molar-refractivity contribution is 5.20. The van der Waals surface area contributed by atoms with Gasteiger partial charge in [0, 0.05) is 0 Å². The molecule has 0 saturated heterocycles. The molecule has 7 atom stereocenters. The van der Waals surface area contributed by atoms with Gasteiger partial charge in [-0.1, -0.05) is 31.4 Å².